The molecule has 3 nitrogen and oxygen atoms in total. The molecule has 1 aliphatic rings. The van der Waals surface area contributed by atoms with Gasteiger partial charge in [0, 0.05) is 0 Å². The van der Waals surface area contributed by atoms with Crippen LogP contribution < -0.4 is 5.32 Å². The smallest absolute Gasteiger partial charge is 0.106 e. The predicted octanol–water partition coefficient (Wildman–Crippen LogP) is 1.74. The van der Waals surface area contributed by atoms with Gasteiger partial charge in [0.25, 0.3) is 0 Å². The lowest BCUT2D eigenvalue weighted by molar-refractivity contribution is -0.0979. The Hall–Kier alpha value is -0.410. The van der Waals surface area contributed by atoms with Crippen molar-refractivity contribution in [3.63, 3.8) is 0 Å². The summed E-state index contributed by atoms with van der Waals surface area (Å²) < 4.78 is 0. The zero-order chi connectivity index (χ0) is 11.4. The molecule has 0 aliphatic carbocycles. The first-order valence-corrected chi connectivity index (χ1v) is 5.28. The van der Waals surface area contributed by atoms with Gasteiger partial charge in [-0.2, -0.15) is 0 Å². The summed E-state index contributed by atoms with van der Waals surface area (Å²) in [6.45, 7) is 10.1. The molecular formula is C11H25NO2. The second-order valence-electron chi connectivity index (χ2n) is 3.98. The Labute approximate surface area is 87.9 Å². The Morgan fingerprint density at radius 2 is 1.57 bits per heavy atom. The van der Waals surface area contributed by atoms with Gasteiger partial charge in [-0.3, -0.25) is 0 Å². The van der Waals surface area contributed by atoms with E-state index < -0.39 is 5.60 Å². The summed E-state index contributed by atoms with van der Waals surface area (Å²) in [7, 11) is 0. The highest BCUT2D eigenvalue weighted by atomic mass is 16.3. The van der Waals surface area contributed by atoms with Crippen LogP contribution in [-0.4, -0.2) is 30.6 Å². The maximum Gasteiger partial charge on any atom is 0.106 e. The molecule has 14 heavy (non-hydrogen) atoms. The van der Waals surface area contributed by atoms with Crippen molar-refractivity contribution in [2.75, 3.05) is 13.1 Å². The van der Waals surface area contributed by atoms with E-state index in [2.05, 4.69) is 5.32 Å². The molecule has 0 spiro atoms. The summed E-state index contributed by atoms with van der Waals surface area (Å²) in [5.74, 6) is 0. The van der Waals surface area contributed by atoms with E-state index in [0.29, 0.717) is 0 Å². The third-order valence-corrected chi connectivity index (χ3v) is 2.07. The molecule has 0 saturated carbocycles. The zero-order valence-electron chi connectivity index (χ0n) is 9.81. The van der Waals surface area contributed by atoms with Gasteiger partial charge in [-0.25, -0.2) is 0 Å². The van der Waals surface area contributed by atoms with Crippen LogP contribution in [0, 0.1) is 0 Å². The van der Waals surface area contributed by atoms with Crippen LogP contribution in [0.1, 0.15) is 46.5 Å². The molecule has 86 valence electrons. The standard InChI is InChI=1S/C5H11N.C5H12O.CH2O/c1-2-4-6-5-3-1;1-4-5(2,3)6;1-2/h6H,1-5H2;6H,4H2,1-3H3;1H2. The first kappa shape index (κ1) is 16.0. The maximum atomic E-state index is 8.83. The fraction of sp³-hybridized carbons (Fsp3) is 0.909. The van der Waals surface area contributed by atoms with Crippen LogP contribution in [0.2, 0.25) is 0 Å². The number of carbonyl (C=O) groups excluding carboxylic acids is 1. The molecule has 1 fully saturated rings. The van der Waals surface area contributed by atoms with Gasteiger partial charge in [0.1, 0.15) is 6.79 Å². The van der Waals surface area contributed by atoms with E-state index in [0.717, 1.165) is 6.42 Å². The van der Waals surface area contributed by atoms with E-state index in [1.165, 1.54) is 32.4 Å². The summed E-state index contributed by atoms with van der Waals surface area (Å²) in [5, 5.41) is 12.1. The Kier molecular flexibility index (Phi) is 12.2. The van der Waals surface area contributed by atoms with Crippen molar-refractivity contribution < 1.29 is 9.90 Å². The van der Waals surface area contributed by atoms with Gasteiger partial charge in [0.15, 0.2) is 0 Å². The molecule has 1 saturated heterocycles. The van der Waals surface area contributed by atoms with Gasteiger partial charge in [-0.15, -0.1) is 0 Å². The van der Waals surface area contributed by atoms with Crippen LogP contribution in [0.5, 0.6) is 0 Å². The topological polar surface area (TPSA) is 49.3 Å². The second kappa shape index (κ2) is 10.7. The molecule has 0 bridgehead atoms. The molecule has 0 aromatic rings. The van der Waals surface area contributed by atoms with Crippen molar-refractivity contribution in [2.45, 2.75) is 52.1 Å². The first-order valence-electron chi connectivity index (χ1n) is 5.28. The molecule has 0 unspecified atom stereocenters. The minimum Gasteiger partial charge on any atom is -0.390 e. The van der Waals surface area contributed by atoms with Gasteiger partial charge in [0.05, 0.1) is 5.60 Å². The number of carbonyl (C=O) groups is 1. The Morgan fingerprint density at radius 1 is 1.21 bits per heavy atom. The molecule has 1 rings (SSSR count). The fourth-order valence-corrected chi connectivity index (χ4v) is 0.802. The molecule has 0 amide bonds. The number of hydrogen-bond acceptors (Lipinski definition) is 3. The average molecular weight is 203 g/mol. The molecule has 0 radical (unpaired) electrons. The van der Waals surface area contributed by atoms with Crippen molar-refractivity contribution in [3.05, 3.63) is 0 Å². The van der Waals surface area contributed by atoms with E-state index in [9.17, 15) is 0 Å². The highest BCUT2D eigenvalue weighted by Gasteiger charge is 2.05. The maximum absolute atomic E-state index is 8.83. The lowest BCUT2D eigenvalue weighted by Gasteiger charge is -2.11. The number of nitrogens with one attached hydrogen (secondary N) is 1. The number of aliphatic hydroxyl groups is 1. The van der Waals surface area contributed by atoms with E-state index in [1.54, 1.807) is 13.8 Å². The molecule has 2 N–H and O–H groups in total. The quantitative estimate of drug-likeness (QED) is 0.682. The third-order valence-electron chi connectivity index (χ3n) is 2.07. The van der Waals surface area contributed by atoms with Crippen LogP contribution >= 0.6 is 0 Å². The van der Waals surface area contributed by atoms with Crippen LogP contribution in [0.3, 0.4) is 0 Å². The molecule has 0 atom stereocenters. The van der Waals surface area contributed by atoms with Crippen LogP contribution in [0.4, 0.5) is 0 Å². The summed E-state index contributed by atoms with van der Waals surface area (Å²) in [6.07, 6.45) is 5.04. The molecule has 3 heteroatoms. The van der Waals surface area contributed by atoms with Crippen LogP contribution in [0.15, 0.2) is 0 Å². The second-order valence-corrected chi connectivity index (χ2v) is 3.98. The fourth-order valence-electron chi connectivity index (χ4n) is 0.802. The van der Waals surface area contributed by atoms with Gasteiger partial charge < -0.3 is 15.2 Å². The first-order chi connectivity index (χ1) is 6.56. The van der Waals surface area contributed by atoms with E-state index in [4.69, 9.17) is 9.90 Å². The van der Waals surface area contributed by atoms with Gasteiger partial charge >= 0.3 is 0 Å². The minimum absolute atomic E-state index is 0.458. The Morgan fingerprint density at radius 3 is 1.64 bits per heavy atom. The SMILES string of the molecule is C1CCNCC1.C=O.CCC(C)(C)O. The largest absolute Gasteiger partial charge is 0.390 e. The van der Waals surface area contributed by atoms with E-state index in [-0.39, 0.29) is 0 Å². The van der Waals surface area contributed by atoms with Crippen LogP contribution in [0.25, 0.3) is 0 Å². The van der Waals surface area contributed by atoms with Crippen molar-refractivity contribution in [1.29, 1.82) is 0 Å². The molecule has 1 heterocycles. The average Bonchev–Trinajstić information content (AvgIpc) is 2.23. The predicted molar refractivity (Wildman–Crippen MR) is 60.4 cm³/mol. The van der Waals surface area contributed by atoms with E-state index in [1.807, 2.05) is 13.7 Å². The summed E-state index contributed by atoms with van der Waals surface area (Å²) >= 11 is 0. The van der Waals surface area contributed by atoms with Crippen molar-refractivity contribution in [2.24, 2.45) is 0 Å². The van der Waals surface area contributed by atoms with E-state index >= 15 is 0 Å². The molecule has 0 aromatic carbocycles. The molecule has 0 aromatic heterocycles. The number of rotatable bonds is 1. The van der Waals surface area contributed by atoms with Gasteiger partial charge in [0.2, 0.25) is 0 Å². The minimum atomic E-state index is -0.458. The van der Waals surface area contributed by atoms with Crippen molar-refractivity contribution in [1.82, 2.24) is 5.32 Å². The van der Waals surface area contributed by atoms with Gasteiger partial charge in [-0.1, -0.05) is 13.3 Å². The van der Waals surface area contributed by atoms with Crippen LogP contribution in [-0.2, 0) is 4.79 Å². The summed E-state index contributed by atoms with van der Waals surface area (Å²) in [5.41, 5.74) is -0.458. The van der Waals surface area contributed by atoms with Crippen molar-refractivity contribution in [3.8, 4) is 0 Å². The normalized spacial score (nSPS) is 15.7. The highest BCUT2D eigenvalue weighted by molar-refractivity contribution is 5.10. The third kappa shape index (κ3) is 17.6. The number of piperidine rings is 1. The van der Waals surface area contributed by atoms with Gasteiger partial charge in [-0.05, 0) is 46.2 Å². The Bertz CT molecular complexity index is 94.8. The number of hydrogen-bond donors (Lipinski definition) is 2. The zero-order valence-corrected chi connectivity index (χ0v) is 9.81. The highest BCUT2D eigenvalue weighted by Crippen LogP contribution is 2.03. The summed E-state index contributed by atoms with van der Waals surface area (Å²) in [4.78, 5) is 8.00. The van der Waals surface area contributed by atoms with Crippen molar-refractivity contribution >= 4 is 6.79 Å². The molecule has 1 aliphatic heterocycles. The summed E-state index contributed by atoms with van der Waals surface area (Å²) in [6, 6.07) is 0. The lowest BCUT2D eigenvalue weighted by atomic mass is 10.1. The lowest BCUT2D eigenvalue weighted by Crippen LogP contribution is -2.21. The monoisotopic (exact) mass is 203 g/mol. The molecular weight excluding hydrogens is 178 g/mol. The Balaban J connectivity index is 0.